The summed E-state index contributed by atoms with van der Waals surface area (Å²) in [5.74, 6) is -0.0407. The lowest BCUT2D eigenvalue weighted by molar-refractivity contribution is -0.122. The Balaban J connectivity index is 1.67. The lowest BCUT2D eigenvalue weighted by Crippen LogP contribution is -2.38. The summed E-state index contributed by atoms with van der Waals surface area (Å²) in [6, 6.07) is 12.0. The van der Waals surface area contributed by atoms with Crippen LogP contribution in [-0.4, -0.2) is 24.9 Å². The van der Waals surface area contributed by atoms with Crippen molar-refractivity contribution in [3.63, 3.8) is 0 Å². The van der Waals surface area contributed by atoms with Crippen molar-refractivity contribution in [3.8, 4) is 11.5 Å². The van der Waals surface area contributed by atoms with Crippen molar-refractivity contribution in [3.05, 3.63) is 70.7 Å². The third kappa shape index (κ3) is 4.20. The first kappa shape index (κ1) is 21.1. The van der Waals surface area contributed by atoms with E-state index in [2.05, 4.69) is 5.32 Å². The predicted octanol–water partition coefficient (Wildman–Crippen LogP) is 4.63. The van der Waals surface area contributed by atoms with E-state index in [4.69, 9.17) is 9.47 Å². The maximum Gasteiger partial charge on any atom is 0.225 e. The van der Waals surface area contributed by atoms with Crippen molar-refractivity contribution < 1.29 is 23.5 Å². The summed E-state index contributed by atoms with van der Waals surface area (Å²) in [4.78, 5) is 25.6. The van der Waals surface area contributed by atoms with Gasteiger partial charge in [0.05, 0.1) is 13.2 Å². The number of allylic oxidation sites excluding steroid dienone is 2. The van der Waals surface area contributed by atoms with Crippen molar-refractivity contribution in [1.82, 2.24) is 5.32 Å². The number of nitrogens with one attached hydrogen (secondary N) is 1. The first-order chi connectivity index (χ1) is 14.9. The van der Waals surface area contributed by atoms with Crippen molar-refractivity contribution in [2.75, 3.05) is 7.11 Å². The van der Waals surface area contributed by atoms with Crippen LogP contribution in [0.5, 0.6) is 11.5 Å². The minimum atomic E-state index is -0.547. The van der Waals surface area contributed by atoms with Crippen molar-refractivity contribution in [1.29, 1.82) is 0 Å². The number of ether oxygens (including phenoxy) is 2. The smallest absolute Gasteiger partial charge is 0.225 e. The van der Waals surface area contributed by atoms with Crippen LogP contribution in [0.2, 0.25) is 0 Å². The molecular formula is C25H26FNO4. The van der Waals surface area contributed by atoms with Gasteiger partial charge in [-0.05, 0) is 55.5 Å². The van der Waals surface area contributed by atoms with Crippen LogP contribution < -0.4 is 14.8 Å². The average Bonchev–Trinajstić information content (AvgIpc) is 2.73. The van der Waals surface area contributed by atoms with Crippen LogP contribution in [0, 0.1) is 5.82 Å². The molecule has 5 nitrogen and oxygen atoms in total. The molecule has 1 aliphatic carbocycles. The molecule has 1 aliphatic heterocycles. The SMILES string of the molecule is COc1cc(C2CC(=O)C3=C(C2)NC(=O)CC3c2ccccc2F)ccc1OC(C)C. The third-order valence-corrected chi connectivity index (χ3v) is 5.84. The van der Waals surface area contributed by atoms with Gasteiger partial charge in [0.25, 0.3) is 0 Å². The number of carbonyl (C=O) groups excluding carboxylic acids is 2. The molecule has 0 saturated carbocycles. The van der Waals surface area contributed by atoms with Gasteiger partial charge < -0.3 is 14.8 Å². The van der Waals surface area contributed by atoms with Crippen LogP contribution in [0.3, 0.4) is 0 Å². The summed E-state index contributed by atoms with van der Waals surface area (Å²) in [6.45, 7) is 3.89. The Kier molecular flexibility index (Phi) is 5.81. The molecule has 0 fully saturated rings. The minimum Gasteiger partial charge on any atom is -0.493 e. The van der Waals surface area contributed by atoms with Gasteiger partial charge in [0.2, 0.25) is 5.91 Å². The molecule has 31 heavy (non-hydrogen) atoms. The maximum atomic E-state index is 14.4. The summed E-state index contributed by atoms with van der Waals surface area (Å²) in [6.07, 6.45) is 0.889. The number of hydrogen-bond donors (Lipinski definition) is 1. The van der Waals surface area contributed by atoms with E-state index in [9.17, 15) is 14.0 Å². The van der Waals surface area contributed by atoms with Gasteiger partial charge in [0, 0.05) is 30.0 Å². The fourth-order valence-electron chi connectivity index (χ4n) is 4.51. The number of benzene rings is 2. The van der Waals surface area contributed by atoms with Gasteiger partial charge in [-0.25, -0.2) is 4.39 Å². The molecule has 1 heterocycles. The van der Waals surface area contributed by atoms with Gasteiger partial charge in [0.1, 0.15) is 5.82 Å². The molecule has 1 N–H and O–H groups in total. The number of hydrogen-bond acceptors (Lipinski definition) is 4. The van der Waals surface area contributed by atoms with E-state index in [1.54, 1.807) is 25.3 Å². The summed E-state index contributed by atoms with van der Waals surface area (Å²) >= 11 is 0. The molecule has 0 spiro atoms. The highest BCUT2D eigenvalue weighted by molar-refractivity contribution is 6.02. The van der Waals surface area contributed by atoms with E-state index in [0.29, 0.717) is 41.2 Å². The lowest BCUT2D eigenvalue weighted by Gasteiger charge is -2.34. The zero-order valence-corrected chi connectivity index (χ0v) is 17.9. The molecule has 2 aromatic rings. The average molecular weight is 423 g/mol. The number of halogens is 1. The Morgan fingerprint density at radius 2 is 1.81 bits per heavy atom. The number of rotatable bonds is 5. The highest BCUT2D eigenvalue weighted by Gasteiger charge is 2.39. The molecule has 162 valence electrons. The van der Waals surface area contributed by atoms with Gasteiger partial charge in [-0.1, -0.05) is 24.3 Å². The summed E-state index contributed by atoms with van der Waals surface area (Å²) in [7, 11) is 1.58. The Labute approximate surface area is 181 Å². The monoisotopic (exact) mass is 423 g/mol. The molecule has 0 bridgehead atoms. The van der Waals surface area contributed by atoms with E-state index in [0.717, 1.165) is 5.56 Å². The molecular weight excluding hydrogens is 397 g/mol. The van der Waals surface area contributed by atoms with Crippen LogP contribution in [0.25, 0.3) is 0 Å². The van der Waals surface area contributed by atoms with E-state index in [-0.39, 0.29) is 30.1 Å². The van der Waals surface area contributed by atoms with Crippen molar-refractivity contribution in [2.24, 2.45) is 0 Å². The van der Waals surface area contributed by atoms with E-state index in [1.165, 1.54) is 6.07 Å². The molecule has 0 radical (unpaired) electrons. The summed E-state index contributed by atoms with van der Waals surface area (Å²) in [5, 5.41) is 2.88. The molecule has 0 aromatic heterocycles. The molecule has 1 amide bonds. The standard InChI is InChI=1S/C25H26FNO4/c1-14(2)31-22-9-8-15(12-23(22)30-3)16-10-20-25(21(28)11-16)18(13-24(29)27-20)17-6-4-5-7-19(17)26/h4-9,12,14,16,18H,10-11,13H2,1-3H3,(H,27,29). The van der Waals surface area contributed by atoms with Crippen molar-refractivity contribution >= 4 is 11.7 Å². The molecule has 6 heteroatoms. The highest BCUT2D eigenvalue weighted by atomic mass is 19.1. The fourth-order valence-corrected chi connectivity index (χ4v) is 4.51. The van der Waals surface area contributed by atoms with Crippen molar-refractivity contribution in [2.45, 2.75) is 51.0 Å². The fraction of sp³-hybridized carbons (Fsp3) is 0.360. The molecule has 2 unspecified atom stereocenters. The van der Waals surface area contributed by atoms with Crippen LogP contribution in [0.1, 0.15) is 56.1 Å². The van der Waals surface area contributed by atoms with E-state index < -0.39 is 11.7 Å². The topological polar surface area (TPSA) is 64.6 Å². The zero-order valence-electron chi connectivity index (χ0n) is 17.9. The van der Waals surface area contributed by atoms with Gasteiger partial charge >= 0.3 is 0 Å². The molecule has 4 rings (SSSR count). The Morgan fingerprint density at radius 3 is 2.52 bits per heavy atom. The first-order valence-corrected chi connectivity index (χ1v) is 10.5. The molecule has 2 aliphatic rings. The number of methoxy groups -OCH3 is 1. The van der Waals surface area contributed by atoms with Crippen LogP contribution in [0.4, 0.5) is 4.39 Å². The Bertz CT molecular complexity index is 1060. The normalized spacial score (nSPS) is 21.1. The number of ketones is 1. The minimum absolute atomic E-state index is 0.0106. The number of amides is 1. The second-order valence-electron chi connectivity index (χ2n) is 8.32. The highest BCUT2D eigenvalue weighted by Crippen LogP contribution is 2.44. The Hall–Kier alpha value is -3.15. The predicted molar refractivity (Wildman–Crippen MR) is 115 cm³/mol. The third-order valence-electron chi connectivity index (χ3n) is 5.84. The zero-order chi connectivity index (χ0) is 22.1. The summed E-state index contributed by atoms with van der Waals surface area (Å²) < 4.78 is 25.7. The molecule has 2 aromatic carbocycles. The van der Waals surface area contributed by atoms with Gasteiger partial charge in [-0.15, -0.1) is 0 Å². The molecule has 2 atom stereocenters. The quantitative estimate of drug-likeness (QED) is 0.762. The first-order valence-electron chi connectivity index (χ1n) is 10.5. The summed E-state index contributed by atoms with van der Waals surface area (Å²) in [5.41, 5.74) is 2.48. The second-order valence-corrected chi connectivity index (χ2v) is 8.32. The second kappa shape index (κ2) is 8.53. The Morgan fingerprint density at radius 1 is 1.03 bits per heavy atom. The van der Waals surface area contributed by atoms with Gasteiger partial charge in [0.15, 0.2) is 17.3 Å². The lowest BCUT2D eigenvalue weighted by atomic mass is 9.73. The number of Topliss-reactive ketones (excluding diaryl/α,β-unsaturated/α-hetero) is 1. The van der Waals surface area contributed by atoms with Crippen LogP contribution >= 0.6 is 0 Å². The number of carbonyl (C=O) groups is 2. The van der Waals surface area contributed by atoms with E-state index >= 15 is 0 Å². The maximum absolute atomic E-state index is 14.4. The van der Waals surface area contributed by atoms with Crippen LogP contribution in [0.15, 0.2) is 53.7 Å². The van der Waals surface area contributed by atoms with Crippen LogP contribution in [-0.2, 0) is 9.59 Å². The molecule has 0 saturated heterocycles. The van der Waals surface area contributed by atoms with E-state index in [1.807, 2.05) is 32.0 Å². The van der Waals surface area contributed by atoms with Gasteiger partial charge in [-0.3, -0.25) is 9.59 Å². The largest absolute Gasteiger partial charge is 0.493 e. The van der Waals surface area contributed by atoms with Gasteiger partial charge in [-0.2, -0.15) is 0 Å².